The monoisotopic (exact) mass is 381 g/mol. The van der Waals surface area contributed by atoms with E-state index in [-0.39, 0.29) is 24.2 Å². The van der Waals surface area contributed by atoms with Gasteiger partial charge in [0.1, 0.15) is 12.4 Å². The van der Waals surface area contributed by atoms with Crippen molar-refractivity contribution in [3.05, 3.63) is 77.4 Å². The van der Waals surface area contributed by atoms with Gasteiger partial charge in [-0.1, -0.05) is 23.4 Å². The van der Waals surface area contributed by atoms with Crippen molar-refractivity contribution >= 4 is 5.91 Å². The summed E-state index contributed by atoms with van der Waals surface area (Å²) in [6, 6.07) is 14.1. The van der Waals surface area contributed by atoms with Gasteiger partial charge in [-0.3, -0.25) is 9.78 Å². The number of rotatable bonds is 7. The molecule has 0 saturated heterocycles. The molecule has 28 heavy (non-hydrogen) atoms. The topological polar surface area (TPSA) is 88.7 Å². The molecule has 3 aromatic rings. The second kappa shape index (κ2) is 8.67. The number of carbonyl (C=O) groups excluding carboxylic acids is 1. The summed E-state index contributed by atoms with van der Waals surface area (Å²) in [5.74, 6) is 0.775. The van der Waals surface area contributed by atoms with Gasteiger partial charge in [0.2, 0.25) is 0 Å². The van der Waals surface area contributed by atoms with Crippen LogP contribution in [0, 0.1) is 0 Å². The lowest BCUT2D eigenvalue weighted by atomic mass is 10.1. The van der Waals surface area contributed by atoms with Crippen LogP contribution >= 0.6 is 0 Å². The molecular formula is C21H23N3O4. The summed E-state index contributed by atoms with van der Waals surface area (Å²) in [7, 11) is 1.70. The van der Waals surface area contributed by atoms with Crippen molar-refractivity contribution in [1.82, 2.24) is 15.0 Å². The zero-order valence-corrected chi connectivity index (χ0v) is 16.1. The highest BCUT2D eigenvalue weighted by Crippen LogP contribution is 2.21. The van der Waals surface area contributed by atoms with E-state index in [4.69, 9.17) is 9.26 Å². The maximum atomic E-state index is 12.7. The van der Waals surface area contributed by atoms with Gasteiger partial charge in [-0.05, 0) is 43.7 Å². The quantitative estimate of drug-likeness (QED) is 0.673. The molecule has 0 saturated carbocycles. The van der Waals surface area contributed by atoms with E-state index in [1.165, 1.54) is 0 Å². The minimum absolute atomic E-state index is 0.128. The second-order valence-corrected chi connectivity index (χ2v) is 6.56. The van der Waals surface area contributed by atoms with E-state index >= 15 is 0 Å². The summed E-state index contributed by atoms with van der Waals surface area (Å²) in [5, 5.41) is 13.5. The molecule has 0 bridgehead atoms. The number of pyridine rings is 1. The highest BCUT2D eigenvalue weighted by molar-refractivity contribution is 5.92. The normalized spacial score (nSPS) is 13.0. The molecule has 2 aromatic heterocycles. The van der Waals surface area contributed by atoms with Crippen LogP contribution in [0.2, 0.25) is 0 Å². The number of benzene rings is 1. The van der Waals surface area contributed by atoms with Crippen LogP contribution in [0.3, 0.4) is 0 Å². The van der Waals surface area contributed by atoms with Crippen molar-refractivity contribution in [2.24, 2.45) is 0 Å². The lowest BCUT2D eigenvalue weighted by Crippen LogP contribution is -2.30. The van der Waals surface area contributed by atoms with Gasteiger partial charge >= 0.3 is 0 Å². The van der Waals surface area contributed by atoms with Crippen LogP contribution in [0.15, 0.2) is 59.3 Å². The lowest BCUT2D eigenvalue weighted by Gasteiger charge is -2.23. The van der Waals surface area contributed by atoms with Crippen molar-refractivity contribution in [2.75, 3.05) is 7.05 Å². The number of nitrogens with zero attached hydrogens (tertiary/aromatic N) is 3. The molecule has 2 heterocycles. The second-order valence-electron chi connectivity index (χ2n) is 6.56. The molecule has 7 heteroatoms. The molecule has 7 nitrogen and oxygen atoms in total. The van der Waals surface area contributed by atoms with Gasteiger partial charge in [0.05, 0.1) is 17.8 Å². The predicted octanol–water partition coefficient (Wildman–Crippen LogP) is 3.54. The highest BCUT2D eigenvalue weighted by atomic mass is 16.5. The Labute approximate surface area is 163 Å². The van der Waals surface area contributed by atoms with Crippen LogP contribution in [-0.4, -0.2) is 33.1 Å². The predicted molar refractivity (Wildman–Crippen MR) is 103 cm³/mol. The molecule has 3 rings (SSSR count). The molecule has 0 spiro atoms. The highest BCUT2D eigenvalue weighted by Gasteiger charge is 2.23. The number of aliphatic hydroxyl groups is 1. The average molecular weight is 381 g/mol. The van der Waals surface area contributed by atoms with Crippen molar-refractivity contribution in [3.63, 3.8) is 0 Å². The number of hydrogen-bond donors (Lipinski definition) is 1. The van der Waals surface area contributed by atoms with E-state index < -0.39 is 6.10 Å². The Kier molecular flexibility index (Phi) is 6.06. The Balaban J connectivity index is 1.63. The van der Waals surface area contributed by atoms with Crippen LogP contribution in [0.1, 0.15) is 53.5 Å². The summed E-state index contributed by atoms with van der Waals surface area (Å²) in [6.07, 6.45) is 1.12. The van der Waals surface area contributed by atoms with Gasteiger partial charge in [0, 0.05) is 19.3 Å². The molecule has 146 valence electrons. The van der Waals surface area contributed by atoms with Crippen LogP contribution in [-0.2, 0) is 6.61 Å². The first kappa shape index (κ1) is 19.6. The number of ether oxygens (including phenoxy) is 1. The Morgan fingerprint density at radius 3 is 2.75 bits per heavy atom. The molecule has 0 aliphatic carbocycles. The molecule has 2 unspecified atom stereocenters. The third kappa shape index (κ3) is 4.55. The lowest BCUT2D eigenvalue weighted by molar-refractivity contribution is 0.0729. The standard InChI is InChI=1S/C21H23N3O4/c1-14(19-9-4-5-10-22-19)24(3)21(26)20-12-18(28-23-20)13-27-17-8-6-7-16(11-17)15(2)25/h4-12,14-15,25H,13H2,1-3H3. The number of aliphatic hydroxyl groups excluding tert-OH is 1. The first-order valence-electron chi connectivity index (χ1n) is 9.00. The van der Waals surface area contributed by atoms with Crippen LogP contribution in [0.25, 0.3) is 0 Å². The minimum atomic E-state index is -0.574. The Bertz CT molecular complexity index is 924. The average Bonchev–Trinajstić information content (AvgIpc) is 3.20. The Morgan fingerprint density at radius 2 is 2.04 bits per heavy atom. The minimum Gasteiger partial charge on any atom is -0.486 e. The maximum Gasteiger partial charge on any atom is 0.276 e. The van der Waals surface area contributed by atoms with Gasteiger partial charge in [0.15, 0.2) is 11.5 Å². The first-order chi connectivity index (χ1) is 13.5. The van der Waals surface area contributed by atoms with Crippen molar-refractivity contribution in [3.8, 4) is 5.75 Å². The number of carbonyl (C=O) groups is 1. The summed E-state index contributed by atoms with van der Waals surface area (Å²) in [6.45, 7) is 3.72. The fraction of sp³-hybridized carbons (Fsp3) is 0.286. The zero-order valence-electron chi connectivity index (χ0n) is 16.1. The largest absolute Gasteiger partial charge is 0.486 e. The fourth-order valence-corrected chi connectivity index (χ4v) is 2.68. The number of hydrogen-bond acceptors (Lipinski definition) is 6. The maximum absolute atomic E-state index is 12.7. The summed E-state index contributed by atoms with van der Waals surface area (Å²) in [4.78, 5) is 18.5. The van der Waals surface area contributed by atoms with Crippen molar-refractivity contribution in [1.29, 1.82) is 0 Å². The van der Waals surface area contributed by atoms with E-state index in [1.807, 2.05) is 31.2 Å². The van der Waals surface area contributed by atoms with Crippen molar-refractivity contribution < 1.29 is 19.2 Å². The summed E-state index contributed by atoms with van der Waals surface area (Å²) < 4.78 is 10.9. The fourth-order valence-electron chi connectivity index (χ4n) is 2.68. The third-order valence-electron chi connectivity index (χ3n) is 4.52. The van der Waals surface area contributed by atoms with Gasteiger partial charge in [0.25, 0.3) is 5.91 Å². The van der Waals surface area contributed by atoms with Gasteiger partial charge < -0.3 is 19.3 Å². The van der Waals surface area contributed by atoms with Gasteiger partial charge in [-0.15, -0.1) is 0 Å². The smallest absolute Gasteiger partial charge is 0.276 e. The third-order valence-corrected chi connectivity index (χ3v) is 4.52. The van der Waals surface area contributed by atoms with Crippen molar-refractivity contribution in [2.45, 2.75) is 32.6 Å². The zero-order chi connectivity index (χ0) is 20.1. The van der Waals surface area contributed by atoms with E-state index in [0.29, 0.717) is 11.5 Å². The van der Waals surface area contributed by atoms with E-state index in [9.17, 15) is 9.90 Å². The molecule has 0 fully saturated rings. The number of aromatic nitrogens is 2. The van der Waals surface area contributed by atoms with E-state index in [2.05, 4.69) is 10.1 Å². The molecule has 0 aliphatic rings. The molecule has 1 amide bonds. The molecule has 2 atom stereocenters. The Hall–Kier alpha value is -3.19. The summed E-state index contributed by atoms with van der Waals surface area (Å²) >= 11 is 0. The van der Waals surface area contributed by atoms with Crippen LogP contribution < -0.4 is 4.74 Å². The molecule has 1 N–H and O–H groups in total. The van der Waals surface area contributed by atoms with Gasteiger partial charge in [-0.25, -0.2) is 0 Å². The molecule has 0 aliphatic heterocycles. The van der Waals surface area contributed by atoms with E-state index in [0.717, 1.165) is 11.3 Å². The SMILES string of the molecule is CC(O)c1cccc(OCc2cc(C(=O)N(C)C(C)c3ccccn3)no2)c1. The summed E-state index contributed by atoms with van der Waals surface area (Å²) in [5.41, 5.74) is 1.76. The molecule has 0 radical (unpaired) electrons. The number of amides is 1. The molecular weight excluding hydrogens is 358 g/mol. The Morgan fingerprint density at radius 1 is 1.21 bits per heavy atom. The first-order valence-corrected chi connectivity index (χ1v) is 9.00. The van der Waals surface area contributed by atoms with Crippen LogP contribution in [0.4, 0.5) is 0 Å². The van der Waals surface area contributed by atoms with Gasteiger partial charge in [-0.2, -0.15) is 0 Å². The molecule has 1 aromatic carbocycles. The van der Waals surface area contributed by atoms with E-state index in [1.54, 1.807) is 49.3 Å². The van der Waals surface area contributed by atoms with Crippen LogP contribution in [0.5, 0.6) is 5.75 Å².